The Kier molecular flexibility index (Phi) is 5.76. The third-order valence-corrected chi connectivity index (χ3v) is 10.9. The van der Waals surface area contributed by atoms with Gasteiger partial charge < -0.3 is 0 Å². The van der Waals surface area contributed by atoms with Crippen LogP contribution in [-0.2, 0) is 0 Å². The summed E-state index contributed by atoms with van der Waals surface area (Å²) in [6.07, 6.45) is 0. The molecule has 10 aromatic rings. The van der Waals surface area contributed by atoms with Gasteiger partial charge in [-0.2, -0.15) is 0 Å². The average Bonchev–Trinajstić information content (AvgIpc) is 3.49. The lowest BCUT2D eigenvalue weighted by Crippen LogP contribution is -1.93. The zero-order chi connectivity index (χ0) is 32.8. The molecule has 0 radical (unpaired) electrons. The Bertz CT molecular complexity index is 3000. The van der Waals surface area contributed by atoms with Crippen LogP contribution in [0.2, 0.25) is 0 Å². The van der Waals surface area contributed by atoms with Crippen molar-refractivity contribution in [2.75, 3.05) is 0 Å². The summed E-state index contributed by atoms with van der Waals surface area (Å²) in [7, 11) is 0. The number of benzene rings is 10. The molecule has 0 bridgehead atoms. The highest BCUT2D eigenvalue weighted by molar-refractivity contribution is 6.29. The van der Waals surface area contributed by atoms with Gasteiger partial charge in [-0.15, -0.1) is 0 Å². The maximum absolute atomic E-state index is 2.50. The van der Waals surface area contributed by atoms with Crippen molar-refractivity contribution in [2.24, 2.45) is 0 Å². The van der Waals surface area contributed by atoms with Gasteiger partial charge in [0.15, 0.2) is 0 Å². The van der Waals surface area contributed by atoms with Crippen LogP contribution in [0.15, 0.2) is 182 Å². The van der Waals surface area contributed by atoms with Gasteiger partial charge in [-0.05, 0) is 140 Å². The minimum Gasteiger partial charge on any atom is -0.0622 e. The first-order valence-electron chi connectivity index (χ1n) is 17.4. The Hall–Kier alpha value is -6.50. The van der Waals surface area contributed by atoms with Gasteiger partial charge in [-0.25, -0.2) is 0 Å². The average molecular weight is 631 g/mol. The molecule has 0 saturated carbocycles. The van der Waals surface area contributed by atoms with Crippen LogP contribution >= 0.6 is 0 Å². The first-order chi connectivity index (χ1) is 24.8. The second-order valence-electron chi connectivity index (χ2n) is 13.6. The Morgan fingerprint density at radius 2 is 0.880 bits per heavy atom. The molecule has 0 nitrogen and oxygen atoms in total. The van der Waals surface area contributed by atoms with Gasteiger partial charge in [0, 0.05) is 0 Å². The van der Waals surface area contributed by atoms with E-state index < -0.39 is 0 Å². The summed E-state index contributed by atoms with van der Waals surface area (Å²) in [6.45, 7) is 0. The van der Waals surface area contributed by atoms with E-state index >= 15 is 0 Å². The van der Waals surface area contributed by atoms with Crippen molar-refractivity contribution >= 4 is 53.9 Å². The molecule has 1 aliphatic carbocycles. The molecule has 0 spiro atoms. The SMILES string of the molecule is c1ccc(-c2ccc3c(-c4ccccc4)c4cc5c(c(-c6ccc7ccccc7c6)c4cc3c2)-c2cc3ccccc3c3cccc-5c23)cc1. The van der Waals surface area contributed by atoms with Gasteiger partial charge in [0.25, 0.3) is 0 Å². The lowest BCUT2D eigenvalue weighted by atomic mass is 9.83. The third-order valence-electron chi connectivity index (χ3n) is 10.9. The molecule has 0 fully saturated rings. The monoisotopic (exact) mass is 630 g/mol. The molecule has 0 heterocycles. The normalized spacial score (nSPS) is 12.0. The lowest BCUT2D eigenvalue weighted by molar-refractivity contribution is 1.63. The van der Waals surface area contributed by atoms with Crippen molar-refractivity contribution in [1.29, 1.82) is 0 Å². The smallest absolute Gasteiger partial charge is 0.00134 e. The topological polar surface area (TPSA) is 0 Å². The number of rotatable bonds is 3. The molecule has 0 heteroatoms. The highest BCUT2D eigenvalue weighted by atomic mass is 14.3. The van der Waals surface area contributed by atoms with Crippen molar-refractivity contribution in [2.45, 2.75) is 0 Å². The summed E-state index contributed by atoms with van der Waals surface area (Å²) in [5.41, 5.74) is 12.8. The number of hydrogen-bond acceptors (Lipinski definition) is 0. The minimum atomic E-state index is 1.23. The molecule has 11 rings (SSSR count). The zero-order valence-corrected chi connectivity index (χ0v) is 27.3. The molecule has 0 aromatic heterocycles. The van der Waals surface area contributed by atoms with Gasteiger partial charge in [0.2, 0.25) is 0 Å². The fourth-order valence-electron chi connectivity index (χ4n) is 8.71. The van der Waals surface area contributed by atoms with E-state index in [0.29, 0.717) is 0 Å². The van der Waals surface area contributed by atoms with Crippen LogP contribution < -0.4 is 0 Å². The first-order valence-corrected chi connectivity index (χ1v) is 17.4. The van der Waals surface area contributed by atoms with E-state index in [0.717, 1.165) is 0 Å². The molecule has 0 N–H and O–H groups in total. The van der Waals surface area contributed by atoms with Gasteiger partial charge in [0.1, 0.15) is 0 Å². The molecular formula is C50H30. The maximum atomic E-state index is 2.50. The van der Waals surface area contributed by atoms with Crippen LogP contribution in [0, 0.1) is 0 Å². The zero-order valence-electron chi connectivity index (χ0n) is 27.3. The van der Waals surface area contributed by atoms with Crippen LogP contribution in [0.3, 0.4) is 0 Å². The highest BCUT2D eigenvalue weighted by Crippen LogP contribution is 2.56. The maximum Gasteiger partial charge on any atom is -0.00134 e. The van der Waals surface area contributed by atoms with Crippen LogP contribution in [-0.4, -0.2) is 0 Å². The molecule has 0 amide bonds. The Balaban J connectivity index is 1.35. The lowest BCUT2D eigenvalue weighted by Gasteiger charge is -2.20. The van der Waals surface area contributed by atoms with E-state index in [1.165, 1.54) is 109 Å². The van der Waals surface area contributed by atoms with Gasteiger partial charge in [-0.1, -0.05) is 152 Å². The van der Waals surface area contributed by atoms with E-state index in [9.17, 15) is 0 Å². The van der Waals surface area contributed by atoms with E-state index in [-0.39, 0.29) is 0 Å². The second-order valence-corrected chi connectivity index (χ2v) is 13.6. The van der Waals surface area contributed by atoms with E-state index in [1.54, 1.807) is 0 Å². The summed E-state index contributed by atoms with van der Waals surface area (Å²) in [5.74, 6) is 0. The Labute approximate surface area is 290 Å². The molecule has 230 valence electrons. The molecule has 1 aliphatic rings. The molecule has 0 atom stereocenters. The van der Waals surface area contributed by atoms with Crippen LogP contribution in [0.1, 0.15) is 0 Å². The molecule has 50 heavy (non-hydrogen) atoms. The fraction of sp³-hybridized carbons (Fsp3) is 0. The molecular weight excluding hydrogens is 601 g/mol. The van der Waals surface area contributed by atoms with Gasteiger partial charge >= 0.3 is 0 Å². The Morgan fingerprint density at radius 3 is 1.72 bits per heavy atom. The van der Waals surface area contributed by atoms with Crippen LogP contribution in [0.25, 0.3) is 109 Å². The van der Waals surface area contributed by atoms with Crippen molar-refractivity contribution in [3.63, 3.8) is 0 Å². The highest BCUT2D eigenvalue weighted by Gasteiger charge is 2.29. The van der Waals surface area contributed by atoms with E-state index in [4.69, 9.17) is 0 Å². The van der Waals surface area contributed by atoms with Crippen LogP contribution in [0.5, 0.6) is 0 Å². The quantitative estimate of drug-likeness (QED) is 0.135. The predicted molar refractivity (Wildman–Crippen MR) is 215 cm³/mol. The summed E-state index contributed by atoms with van der Waals surface area (Å²) in [5, 5.41) is 12.9. The first kappa shape index (κ1) is 27.5. The van der Waals surface area contributed by atoms with Crippen LogP contribution in [0.4, 0.5) is 0 Å². The standard InChI is InChI=1S/C50H30/c1-3-12-31(13-4-1)35-24-25-40-38(27-35)29-43-45(47(40)33-15-5-2-6-16-33)30-44-42-21-11-20-41-39-19-10-9-18-36(39)28-46(49(41)42)50(44)48(43)37-23-22-32-14-7-8-17-34(32)26-37/h1-30H. The third kappa shape index (κ3) is 3.94. The fourth-order valence-corrected chi connectivity index (χ4v) is 8.71. The number of hydrogen-bond donors (Lipinski definition) is 0. The predicted octanol–water partition coefficient (Wildman–Crippen LogP) is 14.1. The summed E-state index contributed by atoms with van der Waals surface area (Å²) in [4.78, 5) is 0. The van der Waals surface area contributed by atoms with Crippen molar-refractivity contribution < 1.29 is 0 Å². The van der Waals surface area contributed by atoms with Gasteiger partial charge in [-0.3, -0.25) is 0 Å². The number of fused-ring (bicyclic) bond motifs is 8. The van der Waals surface area contributed by atoms with Crippen molar-refractivity contribution in [1.82, 2.24) is 0 Å². The van der Waals surface area contributed by atoms with Crippen molar-refractivity contribution in [3.8, 4) is 55.6 Å². The van der Waals surface area contributed by atoms with Crippen molar-refractivity contribution in [3.05, 3.63) is 182 Å². The summed E-state index contributed by atoms with van der Waals surface area (Å²) >= 11 is 0. The Morgan fingerprint density at radius 1 is 0.220 bits per heavy atom. The largest absolute Gasteiger partial charge is 0.0622 e. The summed E-state index contributed by atoms with van der Waals surface area (Å²) in [6, 6.07) is 67.6. The molecule has 0 aliphatic heterocycles. The minimum absolute atomic E-state index is 1.23. The second kappa shape index (κ2) is 10.5. The van der Waals surface area contributed by atoms with E-state index in [1.807, 2.05) is 0 Å². The van der Waals surface area contributed by atoms with Gasteiger partial charge in [0.05, 0.1) is 0 Å². The molecule has 0 unspecified atom stereocenters. The summed E-state index contributed by atoms with van der Waals surface area (Å²) < 4.78 is 0. The molecule has 0 saturated heterocycles. The van der Waals surface area contributed by atoms with E-state index in [2.05, 4.69) is 182 Å². The molecule has 10 aromatic carbocycles.